The SMILES string of the molecule is O=C(Nc1ccc(CCO)cc1)c1cccs1. The van der Waals surface area contributed by atoms with Crippen LogP contribution in [0.2, 0.25) is 0 Å². The molecule has 0 spiro atoms. The standard InChI is InChI=1S/C13H13NO2S/c15-8-7-10-3-5-11(6-4-10)14-13(16)12-2-1-9-17-12/h1-6,9,15H,7-8H2,(H,14,16). The van der Waals surface area contributed by atoms with Crippen LogP contribution in [0.25, 0.3) is 0 Å². The van der Waals surface area contributed by atoms with Crippen LogP contribution >= 0.6 is 11.3 Å². The summed E-state index contributed by atoms with van der Waals surface area (Å²) in [5.74, 6) is -0.0880. The van der Waals surface area contributed by atoms with E-state index >= 15 is 0 Å². The van der Waals surface area contributed by atoms with Crippen LogP contribution in [-0.2, 0) is 6.42 Å². The monoisotopic (exact) mass is 247 g/mol. The van der Waals surface area contributed by atoms with Crippen LogP contribution in [-0.4, -0.2) is 17.6 Å². The Morgan fingerprint density at radius 1 is 1.24 bits per heavy atom. The summed E-state index contributed by atoms with van der Waals surface area (Å²) in [6, 6.07) is 11.1. The molecule has 0 unspecified atom stereocenters. The van der Waals surface area contributed by atoms with Gasteiger partial charge in [0.25, 0.3) is 5.91 Å². The lowest BCUT2D eigenvalue weighted by molar-refractivity contribution is 0.103. The summed E-state index contributed by atoms with van der Waals surface area (Å²) in [5, 5.41) is 13.5. The number of nitrogens with one attached hydrogen (secondary N) is 1. The second-order valence-electron chi connectivity index (χ2n) is 3.60. The van der Waals surface area contributed by atoms with Crippen molar-refractivity contribution in [3.05, 3.63) is 52.2 Å². The molecule has 0 bridgehead atoms. The molecule has 0 atom stereocenters. The number of carbonyl (C=O) groups excluding carboxylic acids is 1. The van der Waals surface area contributed by atoms with E-state index < -0.39 is 0 Å². The van der Waals surface area contributed by atoms with Crippen molar-refractivity contribution in [1.82, 2.24) is 0 Å². The third kappa shape index (κ3) is 3.15. The number of hydrogen-bond acceptors (Lipinski definition) is 3. The van der Waals surface area contributed by atoms with Crippen molar-refractivity contribution in [3.63, 3.8) is 0 Å². The van der Waals surface area contributed by atoms with E-state index in [9.17, 15) is 4.79 Å². The van der Waals surface area contributed by atoms with Gasteiger partial charge in [0.15, 0.2) is 0 Å². The van der Waals surface area contributed by atoms with Gasteiger partial charge in [-0.05, 0) is 35.6 Å². The number of carbonyl (C=O) groups is 1. The molecule has 1 aromatic heterocycles. The topological polar surface area (TPSA) is 49.3 Å². The molecule has 0 saturated heterocycles. The Morgan fingerprint density at radius 3 is 2.59 bits per heavy atom. The van der Waals surface area contributed by atoms with Crippen LogP contribution in [0.5, 0.6) is 0 Å². The summed E-state index contributed by atoms with van der Waals surface area (Å²) in [7, 11) is 0. The maximum atomic E-state index is 11.7. The van der Waals surface area contributed by atoms with Gasteiger partial charge in [0.2, 0.25) is 0 Å². The molecule has 0 aliphatic rings. The molecular formula is C13H13NO2S. The summed E-state index contributed by atoms with van der Waals surface area (Å²) < 4.78 is 0. The van der Waals surface area contributed by atoms with Gasteiger partial charge in [-0.15, -0.1) is 11.3 Å². The molecule has 2 N–H and O–H groups in total. The average Bonchev–Trinajstić information content (AvgIpc) is 2.86. The molecule has 4 heteroatoms. The molecule has 17 heavy (non-hydrogen) atoms. The van der Waals surface area contributed by atoms with Crippen molar-refractivity contribution in [2.24, 2.45) is 0 Å². The van der Waals surface area contributed by atoms with E-state index in [1.54, 1.807) is 6.07 Å². The number of aliphatic hydroxyl groups is 1. The lowest BCUT2D eigenvalue weighted by Crippen LogP contribution is -2.09. The van der Waals surface area contributed by atoms with Crippen molar-refractivity contribution >= 4 is 22.9 Å². The normalized spacial score (nSPS) is 10.2. The van der Waals surface area contributed by atoms with Gasteiger partial charge in [0.1, 0.15) is 0 Å². The smallest absolute Gasteiger partial charge is 0.265 e. The number of aliphatic hydroxyl groups excluding tert-OH is 1. The lowest BCUT2D eigenvalue weighted by atomic mass is 10.1. The van der Waals surface area contributed by atoms with Gasteiger partial charge in [-0.25, -0.2) is 0 Å². The van der Waals surface area contributed by atoms with Crippen molar-refractivity contribution in [2.45, 2.75) is 6.42 Å². The molecule has 1 amide bonds. The fraction of sp³-hybridized carbons (Fsp3) is 0.154. The number of amides is 1. The van der Waals surface area contributed by atoms with Gasteiger partial charge in [-0.2, -0.15) is 0 Å². The molecule has 0 aliphatic heterocycles. The van der Waals surface area contributed by atoms with E-state index in [2.05, 4.69) is 5.32 Å². The Hall–Kier alpha value is -1.65. The molecule has 0 saturated carbocycles. The van der Waals surface area contributed by atoms with Gasteiger partial charge in [0.05, 0.1) is 4.88 Å². The number of benzene rings is 1. The van der Waals surface area contributed by atoms with Crippen molar-refractivity contribution in [2.75, 3.05) is 11.9 Å². The molecule has 1 heterocycles. The van der Waals surface area contributed by atoms with E-state index in [1.807, 2.05) is 35.7 Å². The number of hydrogen-bond donors (Lipinski definition) is 2. The largest absolute Gasteiger partial charge is 0.396 e. The molecule has 3 nitrogen and oxygen atoms in total. The van der Waals surface area contributed by atoms with E-state index in [-0.39, 0.29) is 12.5 Å². The molecule has 88 valence electrons. The summed E-state index contributed by atoms with van der Waals surface area (Å²) >= 11 is 1.42. The second-order valence-corrected chi connectivity index (χ2v) is 4.55. The van der Waals surface area contributed by atoms with Crippen LogP contribution in [0.1, 0.15) is 15.2 Å². The summed E-state index contributed by atoms with van der Waals surface area (Å²) in [6.07, 6.45) is 0.638. The van der Waals surface area contributed by atoms with Crippen LogP contribution in [0.4, 0.5) is 5.69 Å². The van der Waals surface area contributed by atoms with Crippen molar-refractivity contribution in [3.8, 4) is 0 Å². The Kier molecular flexibility index (Phi) is 3.90. The fourth-order valence-corrected chi connectivity index (χ4v) is 2.10. The third-order valence-electron chi connectivity index (χ3n) is 2.36. The molecule has 2 aromatic rings. The first-order valence-electron chi connectivity index (χ1n) is 5.34. The zero-order valence-corrected chi connectivity index (χ0v) is 10.0. The Balaban J connectivity index is 2.01. The average molecular weight is 247 g/mol. The minimum atomic E-state index is -0.0880. The fourth-order valence-electron chi connectivity index (χ4n) is 1.48. The molecular weight excluding hydrogens is 234 g/mol. The van der Waals surface area contributed by atoms with Crippen molar-refractivity contribution in [1.29, 1.82) is 0 Å². The zero-order valence-electron chi connectivity index (χ0n) is 9.22. The lowest BCUT2D eigenvalue weighted by Gasteiger charge is -2.04. The number of rotatable bonds is 4. The van der Waals surface area contributed by atoms with E-state index in [1.165, 1.54) is 11.3 Å². The maximum absolute atomic E-state index is 11.7. The Bertz CT molecular complexity index is 477. The predicted octanol–water partition coefficient (Wildman–Crippen LogP) is 2.54. The first kappa shape index (κ1) is 11.8. The first-order chi connectivity index (χ1) is 8.29. The van der Waals surface area contributed by atoms with E-state index in [0.29, 0.717) is 11.3 Å². The van der Waals surface area contributed by atoms with Gasteiger partial charge in [0, 0.05) is 12.3 Å². The Labute approximate surface area is 104 Å². The zero-order chi connectivity index (χ0) is 12.1. The van der Waals surface area contributed by atoms with Crippen LogP contribution in [0.3, 0.4) is 0 Å². The number of thiophene rings is 1. The Morgan fingerprint density at radius 2 is 2.00 bits per heavy atom. The van der Waals surface area contributed by atoms with Gasteiger partial charge in [-0.3, -0.25) is 4.79 Å². The first-order valence-corrected chi connectivity index (χ1v) is 6.22. The molecule has 1 aromatic carbocycles. The molecule has 0 radical (unpaired) electrons. The summed E-state index contributed by atoms with van der Waals surface area (Å²) in [5.41, 5.74) is 1.83. The highest BCUT2D eigenvalue weighted by Gasteiger charge is 2.06. The highest BCUT2D eigenvalue weighted by atomic mass is 32.1. The minimum absolute atomic E-state index is 0.0880. The third-order valence-corrected chi connectivity index (χ3v) is 3.23. The maximum Gasteiger partial charge on any atom is 0.265 e. The second kappa shape index (κ2) is 5.61. The molecule has 0 fully saturated rings. The molecule has 0 aliphatic carbocycles. The highest BCUT2D eigenvalue weighted by molar-refractivity contribution is 7.12. The molecule has 2 rings (SSSR count). The predicted molar refractivity (Wildman–Crippen MR) is 69.5 cm³/mol. The summed E-state index contributed by atoms with van der Waals surface area (Å²) in [6.45, 7) is 0.140. The van der Waals surface area contributed by atoms with Gasteiger partial charge < -0.3 is 10.4 Å². The van der Waals surface area contributed by atoms with Crippen LogP contribution < -0.4 is 5.32 Å². The van der Waals surface area contributed by atoms with Gasteiger partial charge in [-0.1, -0.05) is 18.2 Å². The van der Waals surface area contributed by atoms with Crippen LogP contribution in [0.15, 0.2) is 41.8 Å². The quantitative estimate of drug-likeness (QED) is 0.872. The van der Waals surface area contributed by atoms with E-state index in [4.69, 9.17) is 5.11 Å². The van der Waals surface area contributed by atoms with E-state index in [0.717, 1.165) is 11.3 Å². The highest BCUT2D eigenvalue weighted by Crippen LogP contribution is 2.14. The van der Waals surface area contributed by atoms with Crippen molar-refractivity contribution < 1.29 is 9.90 Å². The summed E-state index contributed by atoms with van der Waals surface area (Å²) in [4.78, 5) is 12.4. The number of anilines is 1. The van der Waals surface area contributed by atoms with Gasteiger partial charge >= 0.3 is 0 Å². The minimum Gasteiger partial charge on any atom is -0.396 e. The van der Waals surface area contributed by atoms with Crippen LogP contribution in [0, 0.1) is 0 Å².